The molecule has 0 N–H and O–H groups in total. The molecular weight excluding hydrogens is 231 g/mol. The van der Waals surface area contributed by atoms with Gasteiger partial charge in [-0.2, -0.15) is 0 Å². The molecule has 0 spiro atoms. The molecule has 0 aromatic heterocycles. The minimum Gasteiger partial charge on any atom is -0.146 e. The van der Waals surface area contributed by atoms with Crippen molar-refractivity contribution in [3.63, 3.8) is 0 Å². The zero-order valence-electron chi connectivity index (χ0n) is 8.94. The van der Waals surface area contributed by atoms with Gasteiger partial charge in [0.05, 0.1) is 0 Å². The maximum absolute atomic E-state index is 6.19. The summed E-state index contributed by atoms with van der Waals surface area (Å²) < 4.78 is 0. The maximum atomic E-state index is 6.19. The summed E-state index contributed by atoms with van der Waals surface area (Å²) in [4.78, 5) is 0. The van der Waals surface area contributed by atoms with Crippen molar-refractivity contribution in [2.24, 2.45) is 0 Å². The Morgan fingerprint density at radius 3 is 2.50 bits per heavy atom. The summed E-state index contributed by atoms with van der Waals surface area (Å²) >= 11 is 12.4. The Morgan fingerprint density at radius 1 is 1.21 bits per heavy atom. The largest absolute Gasteiger partial charge is 0.254 e. The number of hydrogen-bond acceptors (Lipinski definition) is 0. The fourth-order valence-corrected chi connectivity index (χ4v) is 4.09. The Hall–Kier alpha value is 0.277. The average molecular weight is 251 g/mol. The molecule has 0 fully saturated rings. The van der Waals surface area contributed by atoms with Crippen LogP contribution in [-0.2, 0) is 0 Å². The molecule has 82 valence electrons. The minimum atomic E-state index is -1.97. The van der Waals surface area contributed by atoms with Crippen LogP contribution in [-0.4, -0.2) is 6.69 Å². The van der Waals surface area contributed by atoms with E-state index in [0.717, 1.165) is 31.4 Å². The average Bonchev–Trinajstić information content (AvgIpc) is 2.11. The molecule has 0 bridgehead atoms. The normalized spacial score (nSPS) is 12.2. The predicted octanol–water partition coefficient (Wildman–Crippen LogP) is 5.23. The number of unbranched alkanes of at least 4 members (excludes halogenated alkanes) is 2. The van der Waals surface area contributed by atoms with E-state index in [-0.39, 0.29) is 0 Å². The lowest BCUT2D eigenvalue weighted by molar-refractivity contribution is 0.805. The molecule has 3 heteroatoms. The van der Waals surface area contributed by atoms with E-state index in [9.17, 15) is 0 Å². The summed E-state index contributed by atoms with van der Waals surface area (Å²) in [5, 5.41) is 0. The van der Waals surface area contributed by atoms with Crippen LogP contribution < -0.4 is 0 Å². The van der Waals surface area contributed by atoms with Crippen LogP contribution in [0.15, 0.2) is 24.8 Å². The first kappa shape index (κ1) is 14.3. The molecule has 0 aliphatic heterocycles. The van der Waals surface area contributed by atoms with Crippen molar-refractivity contribution in [1.29, 1.82) is 0 Å². The first-order valence-electron chi connectivity index (χ1n) is 5.26. The van der Waals surface area contributed by atoms with Crippen LogP contribution >= 0.6 is 22.2 Å². The van der Waals surface area contributed by atoms with Crippen LogP contribution in [0.1, 0.15) is 32.6 Å². The standard InChI is InChI=1S/C11H20Cl2Si/c1-3-5-6-7-8-9-11-14(12,13)10-4-2/h4-6H,2-3,7-11H2,1H3. The second-order valence-corrected chi connectivity index (χ2v) is 11.0. The van der Waals surface area contributed by atoms with E-state index in [2.05, 4.69) is 25.7 Å². The molecule has 0 atom stereocenters. The summed E-state index contributed by atoms with van der Waals surface area (Å²) in [6, 6.07) is 1.79. The number of halogens is 2. The molecule has 0 saturated carbocycles. The minimum absolute atomic E-state index is 0.806. The van der Waals surface area contributed by atoms with E-state index >= 15 is 0 Å². The van der Waals surface area contributed by atoms with E-state index in [4.69, 9.17) is 22.2 Å². The maximum Gasteiger partial charge on any atom is 0.254 e. The summed E-state index contributed by atoms with van der Waals surface area (Å²) in [5.74, 6) is 0. The third kappa shape index (κ3) is 8.86. The summed E-state index contributed by atoms with van der Waals surface area (Å²) in [6.07, 6.45) is 10.9. The molecule has 0 nitrogen and oxygen atoms in total. The highest BCUT2D eigenvalue weighted by atomic mass is 35.7. The molecule has 0 heterocycles. The van der Waals surface area contributed by atoms with Crippen LogP contribution in [0.5, 0.6) is 0 Å². The van der Waals surface area contributed by atoms with Crippen LogP contribution in [0, 0.1) is 0 Å². The predicted molar refractivity (Wildman–Crippen MR) is 70.6 cm³/mol. The number of hydrogen-bond donors (Lipinski definition) is 0. The lowest BCUT2D eigenvalue weighted by Crippen LogP contribution is -2.16. The molecule has 0 aliphatic rings. The molecule has 0 aliphatic carbocycles. The molecule has 14 heavy (non-hydrogen) atoms. The highest BCUT2D eigenvalue weighted by molar-refractivity contribution is 7.45. The van der Waals surface area contributed by atoms with Crippen LogP contribution in [0.3, 0.4) is 0 Å². The van der Waals surface area contributed by atoms with Gasteiger partial charge in [0.1, 0.15) is 0 Å². The van der Waals surface area contributed by atoms with Crippen molar-refractivity contribution < 1.29 is 0 Å². The van der Waals surface area contributed by atoms with Gasteiger partial charge in [-0.1, -0.05) is 38.0 Å². The van der Waals surface area contributed by atoms with Gasteiger partial charge in [-0.05, 0) is 24.9 Å². The van der Waals surface area contributed by atoms with Crippen LogP contribution in [0.2, 0.25) is 12.1 Å². The highest BCUT2D eigenvalue weighted by Gasteiger charge is 2.25. The number of allylic oxidation sites excluding steroid dienone is 3. The summed E-state index contributed by atoms with van der Waals surface area (Å²) in [7, 11) is 0. The van der Waals surface area contributed by atoms with E-state index in [1.54, 1.807) is 0 Å². The lowest BCUT2D eigenvalue weighted by atomic mass is 10.2. The topological polar surface area (TPSA) is 0 Å². The fourth-order valence-electron chi connectivity index (χ4n) is 1.24. The van der Waals surface area contributed by atoms with Gasteiger partial charge in [0.2, 0.25) is 0 Å². The van der Waals surface area contributed by atoms with Crippen molar-refractivity contribution in [2.75, 3.05) is 0 Å². The smallest absolute Gasteiger partial charge is 0.146 e. The van der Waals surface area contributed by atoms with Gasteiger partial charge in [0.25, 0.3) is 6.69 Å². The van der Waals surface area contributed by atoms with Gasteiger partial charge < -0.3 is 0 Å². The SMILES string of the molecule is C=CC[Si](Cl)(Cl)CCCCC=CCC. The van der Waals surface area contributed by atoms with Gasteiger partial charge in [-0.15, -0.1) is 28.7 Å². The highest BCUT2D eigenvalue weighted by Crippen LogP contribution is 2.28. The Morgan fingerprint density at radius 2 is 1.93 bits per heavy atom. The third-order valence-electron chi connectivity index (χ3n) is 2.01. The molecular formula is C11H20Cl2Si. The Labute approximate surface area is 98.4 Å². The van der Waals surface area contributed by atoms with E-state index in [0.29, 0.717) is 0 Å². The summed E-state index contributed by atoms with van der Waals surface area (Å²) in [6.45, 7) is 3.85. The van der Waals surface area contributed by atoms with Gasteiger partial charge >= 0.3 is 0 Å². The molecule has 0 amide bonds. The summed E-state index contributed by atoms with van der Waals surface area (Å²) in [5.41, 5.74) is 0. The molecule has 0 saturated heterocycles. The molecule has 0 radical (unpaired) electrons. The van der Waals surface area contributed by atoms with Gasteiger partial charge in [0.15, 0.2) is 0 Å². The van der Waals surface area contributed by atoms with E-state index in [1.807, 2.05) is 6.08 Å². The lowest BCUT2D eigenvalue weighted by Gasteiger charge is -2.13. The van der Waals surface area contributed by atoms with E-state index in [1.165, 1.54) is 6.42 Å². The van der Waals surface area contributed by atoms with Crippen molar-refractivity contribution in [1.82, 2.24) is 0 Å². The monoisotopic (exact) mass is 250 g/mol. The first-order chi connectivity index (χ1) is 6.62. The molecule has 0 aromatic carbocycles. The fraction of sp³-hybridized carbons (Fsp3) is 0.636. The Balaban J connectivity index is 3.43. The third-order valence-corrected chi connectivity index (χ3v) is 6.04. The Kier molecular flexibility index (Phi) is 8.74. The van der Waals surface area contributed by atoms with Gasteiger partial charge in [0, 0.05) is 0 Å². The second kappa shape index (κ2) is 8.57. The van der Waals surface area contributed by atoms with Crippen molar-refractivity contribution >= 4 is 28.9 Å². The van der Waals surface area contributed by atoms with Crippen molar-refractivity contribution in [3.8, 4) is 0 Å². The zero-order valence-corrected chi connectivity index (χ0v) is 11.4. The van der Waals surface area contributed by atoms with E-state index < -0.39 is 6.69 Å². The van der Waals surface area contributed by atoms with Gasteiger partial charge in [-0.3, -0.25) is 0 Å². The van der Waals surface area contributed by atoms with Crippen molar-refractivity contribution in [2.45, 2.75) is 44.7 Å². The Bertz CT molecular complexity index is 176. The second-order valence-electron chi connectivity index (χ2n) is 3.47. The zero-order chi connectivity index (χ0) is 10.9. The molecule has 0 unspecified atom stereocenters. The molecule has 0 rings (SSSR count). The van der Waals surface area contributed by atoms with Crippen molar-refractivity contribution in [3.05, 3.63) is 24.8 Å². The first-order valence-corrected chi connectivity index (χ1v) is 9.70. The van der Waals surface area contributed by atoms with Crippen LogP contribution in [0.25, 0.3) is 0 Å². The number of rotatable bonds is 8. The van der Waals surface area contributed by atoms with Gasteiger partial charge in [-0.25, -0.2) is 0 Å². The van der Waals surface area contributed by atoms with Crippen LogP contribution in [0.4, 0.5) is 0 Å². The quantitative estimate of drug-likeness (QED) is 0.240. The molecule has 0 aromatic rings.